The van der Waals surface area contributed by atoms with Crippen molar-refractivity contribution >= 4 is 29.8 Å². The second-order valence-corrected chi connectivity index (χ2v) is 20.3. The summed E-state index contributed by atoms with van der Waals surface area (Å²) >= 11 is 0. The Labute approximate surface area is 408 Å². The summed E-state index contributed by atoms with van der Waals surface area (Å²) in [5, 5.41) is 17.2. The zero-order valence-electron chi connectivity index (χ0n) is 41.4. The van der Waals surface area contributed by atoms with Gasteiger partial charge >= 0.3 is 23.9 Å². The first-order valence-electron chi connectivity index (χ1n) is 24.0. The van der Waals surface area contributed by atoms with Crippen LogP contribution in [0.15, 0.2) is 102 Å². The molecule has 0 aromatic heterocycles. The monoisotopic (exact) mass is 967 g/mol. The van der Waals surface area contributed by atoms with Gasteiger partial charge in [-0.25, -0.2) is 9.59 Å². The van der Waals surface area contributed by atoms with E-state index in [-0.39, 0.29) is 25.2 Å². The van der Waals surface area contributed by atoms with Crippen molar-refractivity contribution in [2.45, 2.75) is 154 Å². The van der Waals surface area contributed by atoms with Gasteiger partial charge in [0.05, 0.1) is 30.2 Å². The fourth-order valence-electron chi connectivity index (χ4n) is 12.0. The maximum atomic E-state index is 15.3. The van der Waals surface area contributed by atoms with Crippen LogP contribution in [0.5, 0.6) is 0 Å². The van der Waals surface area contributed by atoms with Crippen LogP contribution in [-0.2, 0) is 57.0 Å². The lowest BCUT2D eigenvalue weighted by atomic mass is 9.44. The smallest absolute Gasteiger partial charge is 0.338 e. The zero-order chi connectivity index (χ0) is 50.6. The summed E-state index contributed by atoms with van der Waals surface area (Å²) in [6.45, 7) is 16.6. The molecule has 2 saturated carbocycles. The Balaban J connectivity index is 1.33. The lowest BCUT2D eigenvalue weighted by Gasteiger charge is -2.71. The van der Waals surface area contributed by atoms with Crippen LogP contribution in [0.2, 0.25) is 0 Å². The summed E-state index contributed by atoms with van der Waals surface area (Å²) in [7, 11) is 0. The van der Waals surface area contributed by atoms with Crippen molar-refractivity contribution in [2.24, 2.45) is 16.7 Å². The lowest BCUT2D eigenvalue weighted by Crippen LogP contribution is -2.84. The maximum Gasteiger partial charge on any atom is 0.338 e. The number of esters is 4. The molecule has 3 aromatic carbocycles. The minimum absolute atomic E-state index is 0.138. The largest absolute Gasteiger partial charge is 0.456 e. The van der Waals surface area contributed by atoms with Gasteiger partial charge in [-0.1, -0.05) is 87.5 Å². The highest BCUT2D eigenvalue weighted by molar-refractivity contribution is 5.95. The number of benzene rings is 3. The summed E-state index contributed by atoms with van der Waals surface area (Å²) in [6.07, 6.45) is -9.58. The van der Waals surface area contributed by atoms with Crippen LogP contribution in [0, 0.1) is 16.7 Å². The quantitative estimate of drug-likeness (QED) is 0.0745. The number of carbonyl (C=O) groups is 5. The number of aliphatic hydroxyl groups is 1. The van der Waals surface area contributed by atoms with E-state index in [1.807, 2.05) is 6.92 Å². The van der Waals surface area contributed by atoms with Gasteiger partial charge < -0.3 is 53.1 Å². The van der Waals surface area contributed by atoms with Crippen molar-refractivity contribution in [1.82, 2.24) is 5.32 Å². The van der Waals surface area contributed by atoms with E-state index in [9.17, 15) is 24.3 Å². The first-order valence-corrected chi connectivity index (χ1v) is 24.0. The Morgan fingerprint density at radius 3 is 1.99 bits per heavy atom. The average Bonchev–Trinajstić information content (AvgIpc) is 3.30. The molecule has 376 valence electrons. The van der Waals surface area contributed by atoms with Crippen LogP contribution in [0.1, 0.15) is 114 Å². The lowest BCUT2D eigenvalue weighted by molar-refractivity contribution is -0.430. The third kappa shape index (κ3) is 8.96. The van der Waals surface area contributed by atoms with E-state index in [1.54, 1.807) is 139 Å². The van der Waals surface area contributed by atoms with E-state index >= 15 is 4.79 Å². The van der Waals surface area contributed by atoms with Crippen molar-refractivity contribution in [3.8, 4) is 0 Å². The number of nitrogens with one attached hydrogen (secondary N) is 1. The van der Waals surface area contributed by atoms with Crippen LogP contribution in [0.3, 0.4) is 0 Å². The van der Waals surface area contributed by atoms with E-state index in [0.29, 0.717) is 22.3 Å². The molecule has 8 rings (SSSR count). The average molecular weight is 968 g/mol. The molecule has 16 heteroatoms. The van der Waals surface area contributed by atoms with Crippen molar-refractivity contribution in [3.63, 3.8) is 0 Å². The second kappa shape index (κ2) is 19.3. The molecule has 2 aliphatic heterocycles. The normalized spacial score (nSPS) is 32.6. The zero-order valence-corrected chi connectivity index (χ0v) is 41.4. The molecule has 2 bridgehead atoms. The van der Waals surface area contributed by atoms with Gasteiger partial charge in [0, 0.05) is 49.7 Å². The number of hydrogen-bond acceptors (Lipinski definition) is 15. The van der Waals surface area contributed by atoms with Crippen LogP contribution in [0.4, 0.5) is 0 Å². The highest BCUT2D eigenvalue weighted by atomic mass is 16.7. The summed E-state index contributed by atoms with van der Waals surface area (Å²) < 4.78 is 58.4. The minimum Gasteiger partial charge on any atom is -0.456 e. The molecule has 13 atom stereocenters. The molecular weight excluding hydrogens is 903 g/mol. The molecule has 2 heterocycles. The summed E-state index contributed by atoms with van der Waals surface area (Å²) in [5.41, 5.74) is -4.82. The number of hydrogen-bond donors (Lipinski definition) is 2. The molecule has 2 saturated heterocycles. The van der Waals surface area contributed by atoms with Gasteiger partial charge in [0.25, 0.3) is 5.91 Å². The van der Waals surface area contributed by atoms with Gasteiger partial charge in [0.1, 0.15) is 30.0 Å². The predicted molar refractivity (Wildman–Crippen MR) is 250 cm³/mol. The first kappa shape index (κ1) is 50.9. The standard InChI is InChI=1S/C54H65NO15/c1-11-62-33(5)65-43(41(34-21-15-12-16-22-34)55-47(58)35-23-17-13-18-24-35)49(60)66-37-28-54(61)46(67-48(59)36-25-19-14-20-26-36)44-52(10)38(27-39-53(44,29-63-39)68-32(4)57)69-51(8,9)70-45(52)42(64-31(3)56)40(30(37)2)50(54,6)7/h12-26,33,37-39,41-46,61H,11,27-29H2,1-10H3,(H,55,58)/t33?,37-,38-,39+,41-,42+,43+,44-,45-,46-,52+,53-,54+/m0/s1. The molecular formula is C54H65NO15. The minimum atomic E-state index is -2.23. The molecule has 0 spiro atoms. The number of fused-ring (bicyclic) bond motifs is 4. The Kier molecular flexibility index (Phi) is 14.0. The SMILES string of the molecule is CCOC(C)O[C@@H](C(=O)O[C@H]1C[C@@]2(O)[C@@H](OC(=O)c3ccccc3)[C@@H]3[C@]4(OC(C)=O)CO[C@@H]4C[C@@H]4OC(C)(C)O[C@@H]([C@H](OC(C)=O)C(=C1C)C2(C)C)[C@]43C)[C@@H](NC(=O)c1ccccc1)c1ccccc1. The number of rotatable bonds is 14. The van der Waals surface area contributed by atoms with Crippen molar-refractivity contribution in [3.05, 3.63) is 119 Å². The highest BCUT2D eigenvalue weighted by Gasteiger charge is 2.80. The van der Waals surface area contributed by atoms with Crippen LogP contribution in [0.25, 0.3) is 0 Å². The van der Waals surface area contributed by atoms with Crippen LogP contribution in [-0.4, -0.2) is 114 Å². The van der Waals surface area contributed by atoms with Gasteiger partial charge in [-0.15, -0.1) is 0 Å². The maximum absolute atomic E-state index is 15.3. The van der Waals surface area contributed by atoms with Gasteiger partial charge in [-0.05, 0) is 75.6 Å². The predicted octanol–water partition coefficient (Wildman–Crippen LogP) is 6.73. The van der Waals surface area contributed by atoms with Crippen LogP contribution < -0.4 is 5.32 Å². The topological polar surface area (TPSA) is 201 Å². The summed E-state index contributed by atoms with van der Waals surface area (Å²) in [5.74, 6) is -6.01. The Morgan fingerprint density at radius 1 is 0.800 bits per heavy atom. The van der Waals surface area contributed by atoms with E-state index < -0.39 is 125 Å². The third-order valence-corrected chi connectivity index (χ3v) is 15.2. The Hall–Kier alpha value is -5.49. The molecule has 16 nitrogen and oxygen atoms in total. The van der Waals surface area contributed by atoms with Gasteiger partial charge in [0.15, 0.2) is 29.9 Å². The molecule has 3 aromatic rings. The fourth-order valence-corrected chi connectivity index (χ4v) is 12.0. The van der Waals surface area contributed by atoms with Gasteiger partial charge in [-0.2, -0.15) is 0 Å². The fraction of sp³-hybridized carbons (Fsp3) is 0.537. The van der Waals surface area contributed by atoms with Gasteiger partial charge in [0.2, 0.25) is 0 Å². The third-order valence-electron chi connectivity index (χ3n) is 15.2. The first-order chi connectivity index (χ1) is 33.1. The number of amides is 1. The summed E-state index contributed by atoms with van der Waals surface area (Å²) in [4.78, 5) is 70.9. The molecule has 1 unspecified atom stereocenters. The highest BCUT2D eigenvalue weighted by Crippen LogP contribution is 2.68. The summed E-state index contributed by atoms with van der Waals surface area (Å²) in [6, 6.07) is 24.5. The van der Waals surface area contributed by atoms with Crippen molar-refractivity contribution < 1.29 is 71.7 Å². The Morgan fingerprint density at radius 2 is 1.41 bits per heavy atom. The second-order valence-electron chi connectivity index (χ2n) is 20.3. The Bertz CT molecular complexity index is 2480. The van der Waals surface area contributed by atoms with E-state index in [4.69, 9.17) is 42.6 Å². The van der Waals surface area contributed by atoms with E-state index in [2.05, 4.69) is 5.32 Å². The van der Waals surface area contributed by atoms with E-state index in [0.717, 1.165) is 0 Å². The molecule has 1 amide bonds. The molecule has 5 aliphatic rings. The number of ether oxygens (including phenoxy) is 9. The van der Waals surface area contributed by atoms with E-state index in [1.165, 1.54) is 13.8 Å². The number of carbonyl (C=O) groups excluding carboxylic acids is 5. The molecule has 3 aliphatic carbocycles. The molecule has 70 heavy (non-hydrogen) atoms. The van der Waals surface area contributed by atoms with Gasteiger partial charge in [-0.3, -0.25) is 14.4 Å². The molecule has 4 fully saturated rings. The molecule has 0 radical (unpaired) electrons. The van der Waals surface area contributed by atoms with Crippen LogP contribution >= 0.6 is 0 Å². The van der Waals surface area contributed by atoms with Crippen molar-refractivity contribution in [1.29, 1.82) is 0 Å². The molecule has 2 N–H and O–H groups in total. The van der Waals surface area contributed by atoms with Crippen molar-refractivity contribution in [2.75, 3.05) is 13.2 Å².